The second-order valence-electron chi connectivity index (χ2n) is 5.33. The first kappa shape index (κ1) is 17.1. The number of hydrogen-bond acceptors (Lipinski definition) is 5. The van der Waals surface area contributed by atoms with Crippen molar-refractivity contribution in [1.82, 2.24) is 10.2 Å². The van der Waals surface area contributed by atoms with Crippen LogP contribution in [0.5, 0.6) is 0 Å². The molecule has 7 heteroatoms. The van der Waals surface area contributed by atoms with E-state index in [1.165, 1.54) is 6.26 Å². The Bertz CT molecular complexity index is 541. The van der Waals surface area contributed by atoms with Gasteiger partial charge in [-0.2, -0.15) is 0 Å². The van der Waals surface area contributed by atoms with Gasteiger partial charge in [-0.3, -0.25) is 14.4 Å². The molecule has 2 heterocycles. The zero-order chi connectivity index (χ0) is 16.7. The molecular weight excluding hydrogens is 300 g/mol. The van der Waals surface area contributed by atoms with Gasteiger partial charge in [0, 0.05) is 19.5 Å². The summed E-state index contributed by atoms with van der Waals surface area (Å²) in [6, 6.07) is 2.76. The predicted octanol–water partition coefficient (Wildman–Crippen LogP) is 1.34. The summed E-state index contributed by atoms with van der Waals surface area (Å²) in [6.07, 6.45) is 3.65. The van der Waals surface area contributed by atoms with Crippen LogP contribution in [0.1, 0.15) is 43.2 Å². The second kappa shape index (κ2) is 8.36. The number of carbonyl (C=O) groups is 3. The van der Waals surface area contributed by atoms with Crippen molar-refractivity contribution in [2.45, 2.75) is 38.6 Å². The highest BCUT2D eigenvalue weighted by Gasteiger charge is 2.35. The topological polar surface area (TPSA) is 88.9 Å². The molecule has 1 fully saturated rings. The van der Waals surface area contributed by atoms with Gasteiger partial charge in [0.1, 0.15) is 6.04 Å². The van der Waals surface area contributed by atoms with E-state index in [1.54, 1.807) is 24.0 Å². The number of hydrogen-bond donors (Lipinski definition) is 1. The lowest BCUT2D eigenvalue weighted by Crippen LogP contribution is -2.46. The fourth-order valence-corrected chi connectivity index (χ4v) is 2.62. The van der Waals surface area contributed by atoms with E-state index in [4.69, 9.17) is 9.15 Å². The zero-order valence-electron chi connectivity index (χ0n) is 13.2. The van der Waals surface area contributed by atoms with E-state index in [2.05, 4.69) is 5.32 Å². The average molecular weight is 322 g/mol. The summed E-state index contributed by atoms with van der Waals surface area (Å²) < 4.78 is 9.93. The lowest BCUT2D eigenvalue weighted by atomic mass is 10.2. The molecule has 0 aromatic carbocycles. The first-order valence-corrected chi connectivity index (χ1v) is 7.91. The molecule has 0 aliphatic carbocycles. The smallest absolute Gasteiger partial charge is 0.305 e. The van der Waals surface area contributed by atoms with E-state index in [-0.39, 0.29) is 30.0 Å². The molecule has 1 unspecified atom stereocenters. The van der Waals surface area contributed by atoms with Crippen molar-refractivity contribution in [2.75, 3.05) is 19.7 Å². The summed E-state index contributed by atoms with van der Waals surface area (Å²) in [4.78, 5) is 37.3. The van der Waals surface area contributed by atoms with Crippen molar-refractivity contribution in [3.63, 3.8) is 0 Å². The van der Waals surface area contributed by atoms with E-state index < -0.39 is 6.04 Å². The van der Waals surface area contributed by atoms with Crippen LogP contribution in [0, 0.1) is 0 Å². The standard InChI is InChI=1S/C16H22N2O5/c1-2-22-14(19)8-3-9-17-15(20)12-6-4-10-18(12)16(21)13-7-5-11-23-13/h5,7,11-12H,2-4,6,8-10H2,1H3,(H,17,20). The van der Waals surface area contributed by atoms with E-state index >= 15 is 0 Å². The van der Waals surface area contributed by atoms with E-state index in [0.717, 1.165) is 6.42 Å². The number of carbonyl (C=O) groups excluding carboxylic acids is 3. The molecule has 1 aromatic rings. The van der Waals surface area contributed by atoms with Gasteiger partial charge in [-0.1, -0.05) is 0 Å². The van der Waals surface area contributed by atoms with Crippen LogP contribution in [0.4, 0.5) is 0 Å². The first-order chi connectivity index (χ1) is 11.1. The Kier molecular flexibility index (Phi) is 6.19. The van der Waals surface area contributed by atoms with Crippen molar-refractivity contribution in [3.8, 4) is 0 Å². The summed E-state index contributed by atoms with van der Waals surface area (Å²) >= 11 is 0. The Labute approximate surface area is 135 Å². The molecule has 1 N–H and O–H groups in total. The number of nitrogens with one attached hydrogen (secondary N) is 1. The molecule has 1 aromatic heterocycles. The molecule has 7 nitrogen and oxygen atoms in total. The maximum absolute atomic E-state index is 12.3. The van der Waals surface area contributed by atoms with Crippen LogP contribution in [0.15, 0.2) is 22.8 Å². The van der Waals surface area contributed by atoms with E-state index in [1.807, 2.05) is 0 Å². The Morgan fingerprint density at radius 1 is 1.43 bits per heavy atom. The number of furan rings is 1. The highest BCUT2D eigenvalue weighted by molar-refractivity contribution is 5.95. The molecule has 2 amide bonds. The second-order valence-corrected chi connectivity index (χ2v) is 5.33. The van der Waals surface area contributed by atoms with Crippen LogP contribution >= 0.6 is 0 Å². The average Bonchev–Trinajstić information content (AvgIpc) is 3.21. The fraction of sp³-hybridized carbons (Fsp3) is 0.562. The summed E-state index contributed by atoms with van der Waals surface area (Å²) in [6.45, 7) is 3.04. The Morgan fingerprint density at radius 3 is 2.96 bits per heavy atom. The molecule has 126 valence electrons. The van der Waals surface area contributed by atoms with Gasteiger partial charge in [0.05, 0.1) is 12.9 Å². The largest absolute Gasteiger partial charge is 0.466 e. The zero-order valence-corrected chi connectivity index (χ0v) is 13.2. The van der Waals surface area contributed by atoms with Crippen molar-refractivity contribution < 1.29 is 23.5 Å². The van der Waals surface area contributed by atoms with Gasteiger partial charge < -0.3 is 19.4 Å². The van der Waals surface area contributed by atoms with Crippen LogP contribution in [0.2, 0.25) is 0 Å². The van der Waals surface area contributed by atoms with Gasteiger partial charge in [0.25, 0.3) is 5.91 Å². The molecule has 0 spiro atoms. The third kappa shape index (κ3) is 4.58. The van der Waals surface area contributed by atoms with Gasteiger partial charge in [0.15, 0.2) is 5.76 Å². The van der Waals surface area contributed by atoms with Crippen molar-refractivity contribution in [1.29, 1.82) is 0 Å². The highest BCUT2D eigenvalue weighted by atomic mass is 16.5. The molecule has 1 aliphatic heterocycles. The molecule has 0 saturated carbocycles. The van der Waals surface area contributed by atoms with Gasteiger partial charge in [-0.15, -0.1) is 0 Å². The Hall–Kier alpha value is -2.31. The maximum Gasteiger partial charge on any atom is 0.305 e. The minimum absolute atomic E-state index is 0.189. The lowest BCUT2D eigenvalue weighted by molar-refractivity contribution is -0.143. The first-order valence-electron chi connectivity index (χ1n) is 7.91. The quantitative estimate of drug-likeness (QED) is 0.604. The number of nitrogens with zero attached hydrogens (tertiary/aromatic N) is 1. The summed E-state index contributed by atoms with van der Waals surface area (Å²) in [5.41, 5.74) is 0. The SMILES string of the molecule is CCOC(=O)CCCNC(=O)C1CCCN1C(=O)c1ccco1. The predicted molar refractivity (Wildman–Crippen MR) is 81.6 cm³/mol. The molecule has 0 radical (unpaired) electrons. The van der Waals surface area contributed by atoms with Crippen LogP contribution in [-0.4, -0.2) is 48.4 Å². The molecule has 1 saturated heterocycles. The maximum atomic E-state index is 12.3. The summed E-state index contributed by atoms with van der Waals surface area (Å²) in [7, 11) is 0. The molecular formula is C16H22N2O5. The van der Waals surface area contributed by atoms with Crippen molar-refractivity contribution >= 4 is 17.8 Å². The fourth-order valence-electron chi connectivity index (χ4n) is 2.62. The summed E-state index contributed by atoms with van der Waals surface area (Å²) in [5, 5.41) is 2.78. The minimum Gasteiger partial charge on any atom is -0.466 e. The number of rotatable bonds is 7. The number of ether oxygens (including phenoxy) is 1. The van der Waals surface area contributed by atoms with Crippen LogP contribution in [0.25, 0.3) is 0 Å². The molecule has 1 atom stereocenters. The van der Waals surface area contributed by atoms with Crippen LogP contribution < -0.4 is 5.32 Å². The van der Waals surface area contributed by atoms with Crippen molar-refractivity contribution in [3.05, 3.63) is 24.2 Å². The molecule has 2 rings (SSSR count). The normalized spacial score (nSPS) is 17.1. The van der Waals surface area contributed by atoms with Crippen molar-refractivity contribution in [2.24, 2.45) is 0 Å². The number of amides is 2. The minimum atomic E-state index is -0.477. The van der Waals surface area contributed by atoms with Gasteiger partial charge in [-0.25, -0.2) is 0 Å². The monoisotopic (exact) mass is 322 g/mol. The van der Waals surface area contributed by atoms with Crippen LogP contribution in [0.3, 0.4) is 0 Å². The summed E-state index contributed by atoms with van der Waals surface area (Å²) in [5.74, 6) is -0.477. The third-order valence-corrected chi connectivity index (χ3v) is 3.71. The number of likely N-dealkylation sites (tertiary alicyclic amines) is 1. The van der Waals surface area contributed by atoms with E-state index in [0.29, 0.717) is 32.5 Å². The highest BCUT2D eigenvalue weighted by Crippen LogP contribution is 2.20. The van der Waals surface area contributed by atoms with Gasteiger partial charge in [0.2, 0.25) is 5.91 Å². The van der Waals surface area contributed by atoms with E-state index in [9.17, 15) is 14.4 Å². The molecule has 0 bridgehead atoms. The Morgan fingerprint density at radius 2 is 2.26 bits per heavy atom. The van der Waals surface area contributed by atoms with Crippen LogP contribution in [-0.2, 0) is 14.3 Å². The molecule has 1 aliphatic rings. The third-order valence-electron chi connectivity index (χ3n) is 3.71. The van der Waals surface area contributed by atoms with Gasteiger partial charge >= 0.3 is 5.97 Å². The number of esters is 1. The molecule has 23 heavy (non-hydrogen) atoms. The Balaban J connectivity index is 1.79. The lowest BCUT2D eigenvalue weighted by Gasteiger charge is -2.23. The van der Waals surface area contributed by atoms with Gasteiger partial charge in [-0.05, 0) is 38.3 Å².